The molecule has 0 radical (unpaired) electrons. The summed E-state index contributed by atoms with van der Waals surface area (Å²) in [5.74, 6) is -0.876. The predicted molar refractivity (Wildman–Crippen MR) is 71.7 cm³/mol. The molecule has 94 valence electrons. The Bertz CT molecular complexity index is 369. The lowest BCUT2D eigenvalue weighted by atomic mass is 10.1. The molecule has 0 spiro atoms. The maximum atomic E-state index is 10.4. The molecule has 0 aliphatic heterocycles. The minimum Gasteiger partial charge on any atom is -0.478 e. The number of carboxylic acids is 1. The van der Waals surface area contributed by atoms with E-state index < -0.39 is 5.97 Å². The molecule has 1 rings (SSSR count). The van der Waals surface area contributed by atoms with Crippen molar-refractivity contribution >= 4 is 12.0 Å². The molecule has 0 aliphatic carbocycles. The van der Waals surface area contributed by atoms with E-state index in [0.717, 1.165) is 5.56 Å². The van der Waals surface area contributed by atoms with E-state index in [9.17, 15) is 4.79 Å². The second kappa shape index (κ2) is 6.86. The number of rotatable bonds is 2. The largest absolute Gasteiger partial charge is 0.478 e. The van der Waals surface area contributed by atoms with Crippen LogP contribution in [0.15, 0.2) is 35.9 Å². The molecule has 0 aliphatic rings. The molecular formula is C14H21NO2. The molecule has 0 amide bonds. The third-order valence-electron chi connectivity index (χ3n) is 1.52. The molecular weight excluding hydrogens is 214 g/mol. The third-order valence-corrected chi connectivity index (χ3v) is 1.52. The van der Waals surface area contributed by atoms with Crippen molar-refractivity contribution in [2.45, 2.75) is 33.2 Å². The first kappa shape index (κ1) is 15.4. The van der Waals surface area contributed by atoms with Crippen molar-refractivity contribution in [1.82, 2.24) is 0 Å². The minimum absolute atomic E-state index is 0. The maximum Gasteiger partial charge on any atom is 0.331 e. The first-order valence-electron chi connectivity index (χ1n) is 5.45. The van der Waals surface area contributed by atoms with Crippen LogP contribution in [-0.2, 0) is 4.79 Å². The van der Waals surface area contributed by atoms with Gasteiger partial charge < -0.3 is 10.8 Å². The zero-order valence-electron chi connectivity index (χ0n) is 10.9. The van der Waals surface area contributed by atoms with Crippen LogP contribution in [0.2, 0.25) is 0 Å². The molecule has 0 bridgehead atoms. The Kier molecular flexibility index (Phi) is 6.21. The van der Waals surface area contributed by atoms with Crippen molar-refractivity contribution in [3.63, 3.8) is 0 Å². The monoisotopic (exact) mass is 235 g/mol. The van der Waals surface area contributed by atoms with Crippen molar-refractivity contribution in [2.24, 2.45) is 5.73 Å². The predicted octanol–water partition coefficient (Wildman–Crippen LogP) is 2.92. The van der Waals surface area contributed by atoms with Gasteiger partial charge in [0.1, 0.15) is 0 Å². The van der Waals surface area contributed by atoms with Gasteiger partial charge in [0.05, 0.1) is 0 Å². The van der Waals surface area contributed by atoms with Gasteiger partial charge in [0.15, 0.2) is 0 Å². The maximum absolute atomic E-state index is 10.4. The topological polar surface area (TPSA) is 63.3 Å². The summed E-state index contributed by atoms with van der Waals surface area (Å²) in [5, 5.41) is 8.58. The van der Waals surface area contributed by atoms with E-state index >= 15 is 0 Å². The summed E-state index contributed by atoms with van der Waals surface area (Å²) in [6.45, 7) is 7.47. The molecule has 3 nitrogen and oxygen atoms in total. The summed E-state index contributed by atoms with van der Waals surface area (Å²) in [6.07, 6.45) is 1.64. The van der Waals surface area contributed by atoms with Gasteiger partial charge >= 0.3 is 5.97 Å². The van der Waals surface area contributed by atoms with E-state index in [1.54, 1.807) is 13.0 Å². The number of carbonyl (C=O) groups is 1. The zero-order valence-corrected chi connectivity index (χ0v) is 10.9. The molecule has 0 aromatic heterocycles. The van der Waals surface area contributed by atoms with Crippen molar-refractivity contribution in [3.8, 4) is 0 Å². The summed E-state index contributed by atoms with van der Waals surface area (Å²) in [4.78, 5) is 10.4. The van der Waals surface area contributed by atoms with E-state index in [4.69, 9.17) is 10.8 Å². The molecule has 0 heterocycles. The normalized spacial score (nSPS) is 11.5. The van der Waals surface area contributed by atoms with Gasteiger partial charge in [0.2, 0.25) is 0 Å². The Morgan fingerprint density at radius 2 is 1.65 bits per heavy atom. The van der Waals surface area contributed by atoms with Gasteiger partial charge in [0, 0.05) is 11.1 Å². The van der Waals surface area contributed by atoms with Crippen LogP contribution in [-0.4, -0.2) is 16.6 Å². The SMILES string of the molecule is C/C(=C\c1ccccc1)C(=O)O.CC(C)(C)N. The Labute approximate surface area is 103 Å². The molecule has 0 atom stereocenters. The lowest BCUT2D eigenvalue weighted by Gasteiger charge is -2.06. The van der Waals surface area contributed by atoms with Crippen molar-refractivity contribution in [3.05, 3.63) is 41.5 Å². The number of benzene rings is 1. The van der Waals surface area contributed by atoms with E-state index in [-0.39, 0.29) is 5.54 Å². The highest BCUT2D eigenvalue weighted by Gasteiger charge is 1.98. The molecule has 0 saturated heterocycles. The third kappa shape index (κ3) is 10.7. The van der Waals surface area contributed by atoms with Gasteiger partial charge in [-0.2, -0.15) is 0 Å². The average molecular weight is 235 g/mol. The van der Waals surface area contributed by atoms with E-state index in [1.807, 2.05) is 51.1 Å². The Morgan fingerprint density at radius 3 is 2.00 bits per heavy atom. The quantitative estimate of drug-likeness (QED) is 0.775. The first-order valence-corrected chi connectivity index (χ1v) is 5.45. The fraction of sp³-hybridized carbons (Fsp3) is 0.357. The molecule has 0 saturated carbocycles. The lowest BCUT2D eigenvalue weighted by molar-refractivity contribution is -0.132. The van der Waals surface area contributed by atoms with Crippen LogP contribution < -0.4 is 5.73 Å². The van der Waals surface area contributed by atoms with Crippen LogP contribution in [0.3, 0.4) is 0 Å². The van der Waals surface area contributed by atoms with Gasteiger partial charge in [-0.05, 0) is 39.3 Å². The van der Waals surface area contributed by atoms with Gasteiger partial charge in [-0.15, -0.1) is 0 Å². The van der Waals surface area contributed by atoms with Gasteiger partial charge in [0.25, 0.3) is 0 Å². The van der Waals surface area contributed by atoms with Crippen LogP contribution in [0.1, 0.15) is 33.3 Å². The number of hydrogen-bond donors (Lipinski definition) is 2. The van der Waals surface area contributed by atoms with Crippen molar-refractivity contribution in [2.75, 3.05) is 0 Å². The van der Waals surface area contributed by atoms with Gasteiger partial charge in [-0.1, -0.05) is 30.3 Å². The second-order valence-electron chi connectivity index (χ2n) is 4.91. The highest BCUT2D eigenvalue weighted by molar-refractivity contribution is 5.91. The van der Waals surface area contributed by atoms with E-state index in [2.05, 4.69) is 0 Å². The van der Waals surface area contributed by atoms with E-state index in [1.165, 1.54) is 0 Å². The summed E-state index contributed by atoms with van der Waals surface area (Å²) in [7, 11) is 0. The lowest BCUT2D eigenvalue weighted by Crippen LogP contribution is -2.26. The molecule has 0 unspecified atom stereocenters. The van der Waals surface area contributed by atoms with E-state index in [0.29, 0.717) is 5.57 Å². The van der Waals surface area contributed by atoms with Crippen molar-refractivity contribution in [1.29, 1.82) is 0 Å². The highest BCUT2D eigenvalue weighted by Crippen LogP contribution is 2.05. The van der Waals surface area contributed by atoms with Crippen molar-refractivity contribution < 1.29 is 9.90 Å². The fourth-order valence-corrected chi connectivity index (χ4v) is 0.861. The molecule has 1 aromatic carbocycles. The van der Waals surface area contributed by atoms with Gasteiger partial charge in [-0.25, -0.2) is 4.79 Å². The van der Waals surface area contributed by atoms with Crippen LogP contribution in [0.25, 0.3) is 6.08 Å². The van der Waals surface area contributed by atoms with Gasteiger partial charge in [-0.3, -0.25) is 0 Å². The standard InChI is InChI=1S/C10H10O2.C4H11N/c1-8(10(11)12)7-9-5-3-2-4-6-9;1-4(2,3)5/h2-7H,1H3,(H,11,12);5H2,1-3H3/b8-7+;. The molecule has 17 heavy (non-hydrogen) atoms. The Balaban J connectivity index is 0.000000437. The smallest absolute Gasteiger partial charge is 0.331 e. The Hall–Kier alpha value is -1.61. The number of hydrogen-bond acceptors (Lipinski definition) is 2. The zero-order chi connectivity index (χ0) is 13.5. The van der Waals surface area contributed by atoms with Crippen LogP contribution in [0, 0.1) is 0 Å². The highest BCUT2D eigenvalue weighted by atomic mass is 16.4. The molecule has 3 heteroatoms. The molecule has 3 N–H and O–H groups in total. The number of carboxylic acid groups (broad SMARTS) is 1. The van der Waals surface area contributed by atoms with Crippen LogP contribution in [0.4, 0.5) is 0 Å². The van der Waals surface area contributed by atoms with Crippen LogP contribution >= 0.6 is 0 Å². The fourth-order valence-electron chi connectivity index (χ4n) is 0.861. The number of nitrogens with two attached hydrogens (primary N) is 1. The van der Waals surface area contributed by atoms with Crippen LogP contribution in [0.5, 0.6) is 0 Å². The summed E-state index contributed by atoms with van der Waals surface area (Å²) >= 11 is 0. The average Bonchev–Trinajstić information content (AvgIpc) is 2.16. The molecule has 0 fully saturated rings. The summed E-state index contributed by atoms with van der Waals surface area (Å²) < 4.78 is 0. The Morgan fingerprint density at radius 1 is 1.24 bits per heavy atom. The summed E-state index contributed by atoms with van der Waals surface area (Å²) in [6, 6.07) is 9.38. The molecule has 1 aromatic rings. The number of aliphatic carboxylic acids is 1. The first-order chi connectivity index (χ1) is 7.70. The minimum atomic E-state index is -0.876. The summed E-state index contributed by atoms with van der Waals surface area (Å²) in [5.41, 5.74) is 6.62. The second-order valence-corrected chi connectivity index (χ2v) is 4.91.